The summed E-state index contributed by atoms with van der Waals surface area (Å²) in [5.41, 5.74) is 1.81. The van der Waals surface area contributed by atoms with Crippen LogP contribution >= 0.6 is 0 Å². The van der Waals surface area contributed by atoms with Crippen molar-refractivity contribution >= 4 is 12.1 Å². The molecule has 15 heavy (non-hydrogen) atoms. The number of carbonyl (C=O) groups excluding carboxylic acids is 1. The van der Waals surface area contributed by atoms with Gasteiger partial charge in [-0.05, 0) is 31.2 Å². The van der Waals surface area contributed by atoms with Gasteiger partial charge in [-0.1, -0.05) is 0 Å². The second kappa shape index (κ2) is 3.96. The van der Waals surface area contributed by atoms with Crippen LogP contribution in [0.25, 0.3) is 5.69 Å². The number of hydrogen-bond donors (Lipinski definition) is 1. The molecule has 1 aromatic heterocycles. The van der Waals surface area contributed by atoms with Crippen molar-refractivity contribution in [2.24, 2.45) is 0 Å². The second-order valence-corrected chi connectivity index (χ2v) is 3.15. The average Bonchev–Trinajstić information content (AvgIpc) is 2.66. The number of rotatable bonds is 3. The monoisotopic (exact) mass is 201 g/mol. The fraction of sp³-hybridized carbons (Fsp3) is 0.0909. The lowest BCUT2D eigenvalue weighted by molar-refractivity contribution is -0.105. The maximum Gasteiger partial charge on any atom is 0.211 e. The minimum Gasteiger partial charge on any atom is -0.329 e. The first-order valence-corrected chi connectivity index (χ1v) is 4.62. The quantitative estimate of drug-likeness (QED) is 0.769. The van der Waals surface area contributed by atoms with Gasteiger partial charge >= 0.3 is 0 Å². The van der Waals surface area contributed by atoms with Crippen LogP contribution < -0.4 is 5.32 Å². The molecule has 0 spiro atoms. The van der Waals surface area contributed by atoms with E-state index in [-0.39, 0.29) is 0 Å². The van der Waals surface area contributed by atoms with Crippen LogP contribution in [0.4, 0.5) is 5.69 Å². The highest BCUT2D eigenvalue weighted by atomic mass is 16.1. The van der Waals surface area contributed by atoms with Crippen molar-refractivity contribution in [1.29, 1.82) is 0 Å². The first kappa shape index (κ1) is 9.45. The Morgan fingerprint density at radius 1 is 1.33 bits per heavy atom. The summed E-state index contributed by atoms with van der Waals surface area (Å²) >= 11 is 0. The van der Waals surface area contributed by atoms with Crippen LogP contribution in [0.1, 0.15) is 5.82 Å². The van der Waals surface area contributed by atoms with Crippen molar-refractivity contribution in [2.75, 3.05) is 5.32 Å². The molecule has 1 aromatic carbocycles. The number of nitrogens with one attached hydrogen (secondary N) is 1. The molecule has 0 saturated carbocycles. The maximum atomic E-state index is 10.2. The van der Waals surface area contributed by atoms with Gasteiger partial charge in [0, 0.05) is 23.8 Å². The lowest BCUT2D eigenvalue weighted by atomic mass is 10.3. The van der Waals surface area contributed by atoms with E-state index in [2.05, 4.69) is 10.3 Å². The number of anilines is 1. The number of imidazole rings is 1. The summed E-state index contributed by atoms with van der Waals surface area (Å²) in [7, 11) is 0. The van der Waals surface area contributed by atoms with Gasteiger partial charge in [0.2, 0.25) is 6.41 Å². The third kappa shape index (κ3) is 1.88. The highest BCUT2D eigenvalue weighted by molar-refractivity contribution is 5.71. The van der Waals surface area contributed by atoms with Gasteiger partial charge in [-0.15, -0.1) is 0 Å². The Balaban J connectivity index is 2.31. The number of benzene rings is 1. The van der Waals surface area contributed by atoms with Gasteiger partial charge in [0.15, 0.2) is 0 Å². The summed E-state index contributed by atoms with van der Waals surface area (Å²) in [5.74, 6) is 0.936. The molecule has 0 radical (unpaired) electrons. The van der Waals surface area contributed by atoms with Crippen molar-refractivity contribution in [1.82, 2.24) is 9.55 Å². The predicted octanol–water partition coefficient (Wildman–Crippen LogP) is 1.75. The highest BCUT2D eigenvalue weighted by Gasteiger charge is 1.99. The topological polar surface area (TPSA) is 46.9 Å². The fourth-order valence-electron chi connectivity index (χ4n) is 1.44. The van der Waals surface area contributed by atoms with Crippen LogP contribution in [-0.2, 0) is 4.79 Å². The van der Waals surface area contributed by atoms with Crippen molar-refractivity contribution in [3.05, 3.63) is 42.5 Å². The Hall–Kier alpha value is -2.10. The van der Waals surface area contributed by atoms with Crippen LogP contribution in [0.5, 0.6) is 0 Å². The molecule has 1 heterocycles. The molecule has 0 aliphatic heterocycles. The van der Waals surface area contributed by atoms with E-state index in [0.29, 0.717) is 6.41 Å². The van der Waals surface area contributed by atoms with Crippen molar-refractivity contribution in [3.8, 4) is 5.69 Å². The summed E-state index contributed by atoms with van der Waals surface area (Å²) in [6.07, 6.45) is 4.32. The summed E-state index contributed by atoms with van der Waals surface area (Å²) in [6.45, 7) is 1.94. The number of nitrogens with zero attached hydrogens (tertiary/aromatic N) is 2. The minimum atomic E-state index is 0.664. The molecule has 1 N–H and O–H groups in total. The Labute approximate surface area is 87.6 Å². The molecule has 4 nitrogen and oxygen atoms in total. The molecule has 0 aliphatic carbocycles. The largest absolute Gasteiger partial charge is 0.329 e. The van der Waals surface area contributed by atoms with Crippen LogP contribution in [0, 0.1) is 6.92 Å². The molecular weight excluding hydrogens is 190 g/mol. The van der Waals surface area contributed by atoms with E-state index < -0.39 is 0 Å². The smallest absolute Gasteiger partial charge is 0.211 e. The summed E-state index contributed by atoms with van der Waals surface area (Å²) in [6, 6.07) is 7.56. The van der Waals surface area contributed by atoms with E-state index in [1.807, 2.05) is 42.0 Å². The van der Waals surface area contributed by atoms with Crippen molar-refractivity contribution < 1.29 is 4.79 Å². The van der Waals surface area contributed by atoms with Crippen LogP contribution in [0.2, 0.25) is 0 Å². The molecule has 0 unspecified atom stereocenters. The van der Waals surface area contributed by atoms with Gasteiger partial charge in [-0.2, -0.15) is 0 Å². The zero-order valence-corrected chi connectivity index (χ0v) is 8.34. The lowest BCUT2D eigenvalue weighted by Gasteiger charge is -2.05. The molecule has 2 aromatic rings. The second-order valence-electron chi connectivity index (χ2n) is 3.15. The first-order chi connectivity index (χ1) is 7.31. The standard InChI is InChI=1S/C11H11N3O/c1-9-12-6-7-14(9)11-4-2-10(3-5-11)13-8-15/h2-8H,1H3,(H,13,15). The normalized spacial score (nSPS) is 9.93. The number of amides is 1. The van der Waals surface area contributed by atoms with Gasteiger partial charge in [0.1, 0.15) is 5.82 Å². The van der Waals surface area contributed by atoms with Gasteiger partial charge in [-0.3, -0.25) is 4.79 Å². The van der Waals surface area contributed by atoms with Crippen molar-refractivity contribution in [2.45, 2.75) is 6.92 Å². The molecule has 0 bridgehead atoms. The Kier molecular flexibility index (Phi) is 2.49. The van der Waals surface area contributed by atoms with Gasteiger partial charge in [0.05, 0.1) is 0 Å². The minimum absolute atomic E-state index is 0.664. The zero-order valence-electron chi connectivity index (χ0n) is 8.34. The maximum absolute atomic E-state index is 10.2. The molecule has 4 heteroatoms. The third-order valence-corrected chi connectivity index (χ3v) is 2.20. The molecule has 0 aliphatic rings. The Bertz CT molecular complexity index is 459. The molecule has 2 rings (SSSR count). The summed E-state index contributed by atoms with van der Waals surface area (Å²) < 4.78 is 1.98. The van der Waals surface area contributed by atoms with Gasteiger partial charge in [0.25, 0.3) is 0 Å². The molecular formula is C11H11N3O. The predicted molar refractivity (Wildman–Crippen MR) is 58.0 cm³/mol. The van der Waals surface area contributed by atoms with E-state index in [1.165, 1.54) is 0 Å². The SMILES string of the molecule is Cc1nccn1-c1ccc(NC=O)cc1. The number of carbonyl (C=O) groups is 1. The van der Waals surface area contributed by atoms with E-state index in [4.69, 9.17) is 0 Å². The number of hydrogen-bond acceptors (Lipinski definition) is 2. The number of aryl methyl sites for hydroxylation is 1. The zero-order chi connectivity index (χ0) is 10.7. The van der Waals surface area contributed by atoms with E-state index in [1.54, 1.807) is 6.20 Å². The van der Waals surface area contributed by atoms with Crippen molar-refractivity contribution in [3.63, 3.8) is 0 Å². The molecule has 76 valence electrons. The average molecular weight is 201 g/mol. The van der Waals surface area contributed by atoms with Crippen LogP contribution in [0.15, 0.2) is 36.7 Å². The lowest BCUT2D eigenvalue weighted by Crippen LogP contribution is -1.97. The summed E-state index contributed by atoms with van der Waals surface area (Å²) in [5, 5.41) is 2.59. The molecule has 0 fully saturated rings. The van der Waals surface area contributed by atoms with Gasteiger partial charge < -0.3 is 9.88 Å². The van der Waals surface area contributed by atoms with E-state index >= 15 is 0 Å². The Morgan fingerprint density at radius 2 is 2.07 bits per heavy atom. The highest BCUT2D eigenvalue weighted by Crippen LogP contribution is 2.13. The molecule has 0 saturated heterocycles. The van der Waals surface area contributed by atoms with Crippen LogP contribution in [-0.4, -0.2) is 16.0 Å². The molecule has 1 amide bonds. The first-order valence-electron chi connectivity index (χ1n) is 4.62. The van der Waals surface area contributed by atoms with E-state index in [9.17, 15) is 4.79 Å². The fourth-order valence-corrected chi connectivity index (χ4v) is 1.44. The number of aromatic nitrogens is 2. The van der Waals surface area contributed by atoms with E-state index in [0.717, 1.165) is 17.2 Å². The van der Waals surface area contributed by atoms with Crippen LogP contribution in [0.3, 0.4) is 0 Å². The summed E-state index contributed by atoms with van der Waals surface area (Å²) in [4.78, 5) is 14.4. The Morgan fingerprint density at radius 3 is 2.60 bits per heavy atom. The van der Waals surface area contributed by atoms with Gasteiger partial charge in [-0.25, -0.2) is 4.98 Å². The third-order valence-electron chi connectivity index (χ3n) is 2.20. The molecule has 0 atom stereocenters.